The largest absolute Gasteiger partial charge is 0.392 e. The van der Waals surface area contributed by atoms with Crippen LogP contribution >= 0.6 is 0 Å². The Bertz CT molecular complexity index is 217. The molecule has 0 atom stereocenters. The van der Waals surface area contributed by atoms with E-state index in [-0.39, 0.29) is 6.61 Å². The molecule has 0 radical (unpaired) electrons. The van der Waals surface area contributed by atoms with E-state index in [4.69, 9.17) is 5.11 Å². The van der Waals surface area contributed by atoms with E-state index < -0.39 is 0 Å². The van der Waals surface area contributed by atoms with Crippen LogP contribution in [0.3, 0.4) is 0 Å². The molecule has 2 aliphatic rings. The van der Waals surface area contributed by atoms with Gasteiger partial charge in [0.05, 0.1) is 6.61 Å². The minimum Gasteiger partial charge on any atom is -0.392 e. The maximum atomic E-state index is 8.86. The third-order valence-corrected chi connectivity index (χ3v) is 3.00. The summed E-state index contributed by atoms with van der Waals surface area (Å²) in [6.07, 6.45) is 1.09. The zero-order valence-electron chi connectivity index (χ0n) is 8.29. The first-order valence-electron chi connectivity index (χ1n) is 5.01. The van der Waals surface area contributed by atoms with Gasteiger partial charge in [-0.2, -0.15) is 0 Å². The number of hydrogen-bond acceptors (Lipinski definition) is 3. The van der Waals surface area contributed by atoms with Crippen LogP contribution in [0.15, 0.2) is 11.1 Å². The Labute approximate surface area is 79.6 Å². The van der Waals surface area contributed by atoms with E-state index in [9.17, 15) is 0 Å². The molecule has 0 aromatic carbocycles. The molecule has 1 aliphatic carbocycles. The number of aliphatic hydroxyl groups is 1. The highest BCUT2D eigenvalue weighted by Crippen LogP contribution is 2.30. The van der Waals surface area contributed by atoms with Crippen LogP contribution in [0.1, 0.15) is 6.42 Å². The summed E-state index contributed by atoms with van der Waals surface area (Å²) in [6.45, 7) is 6.10. The lowest BCUT2D eigenvalue weighted by Gasteiger charge is -2.31. The maximum absolute atomic E-state index is 8.86. The summed E-state index contributed by atoms with van der Waals surface area (Å²) in [5, 5.41) is 8.86. The third-order valence-electron chi connectivity index (χ3n) is 3.00. The molecule has 1 fully saturated rings. The van der Waals surface area contributed by atoms with E-state index in [1.807, 2.05) is 0 Å². The highest BCUT2D eigenvalue weighted by atomic mass is 16.3. The molecule has 0 bridgehead atoms. The number of nitrogens with zero attached hydrogens (tertiary/aromatic N) is 2. The molecule has 74 valence electrons. The zero-order valence-corrected chi connectivity index (χ0v) is 8.29. The summed E-state index contributed by atoms with van der Waals surface area (Å²) in [5.74, 6) is 0. The van der Waals surface area contributed by atoms with Gasteiger partial charge >= 0.3 is 0 Å². The molecule has 0 amide bonds. The summed E-state index contributed by atoms with van der Waals surface area (Å²) in [4.78, 5) is 4.85. The Kier molecular flexibility index (Phi) is 2.67. The first-order chi connectivity index (χ1) is 6.29. The average molecular weight is 182 g/mol. The van der Waals surface area contributed by atoms with Crippen molar-refractivity contribution in [3.05, 3.63) is 11.1 Å². The van der Waals surface area contributed by atoms with Crippen molar-refractivity contribution in [1.29, 1.82) is 0 Å². The molecule has 1 aliphatic heterocycles. The lowest BCUT2D eigenvalue weighted by molar-refractivity contribution is 0.165. The second-order valence-corrected chi connectivity index (χ2v) is 4.12. The van der Waals surface area contributed by atoms with Crippen molar-refractivity contribution in [3.63, 3.8) is 0 Å². The molecule has 2 rings (SSSR count). The normalized spacial score (nSPS) is 25.4. The fraction of sp³-hybridized carbons (Fsp3) is 0.800. The second kappa shape index (κ2) is 3.78. The van der Waals surface area contributed by atoms with Gasteiger partial charge in [0.15, 0.2) is 0 Å². The number of likely N-dealkylation sites (N-methyl/N-ethyl adjacent to an activating group) is 1. The van der Waals surface area contributed by atoms with Gasteiger partial charge in [0.25, 0.3) is 0 Å². The summed E-state index contributed by atoms with van der Waals surface area (Å²) in [6, 6.07) is 0. The molecule has 13 heavy (non-hydrogen) atoms. The first-order valence-corrected chi connectivity index (χ1v) is 5.01. The fourth-order valence-electron chi connectivity index (χ4n) is 1.82. The highest BCUT2D eigenvalue weighted by molar-refractivity contribution is 5.36. The predicted molar refractivity (Wildman–Crippen MR) is 52.7 cm³/mol. The van der Waals surface area contributed by atoms with E-state index in [2.05, 4.69) is 16.8 Å². The highest BCUT2D eigenvalue weighted by Gasteiger charge is 2.23. The van der Waals surface area contributed by atoms with Crippen molar-refractivity contribution in [2.75, 3.05) is 46.4 Å². The maximum Gasteiger partial charge on any atom is 0.0648 e. The SMILES string of the molecule is CN1CCN(CC2=C(CO)C2)CC1. The lowest BCUT2D eigenvalue weighted by Crippen LogP contribution is -2.44. The fourth-order valence-corrected chi connectivity index (χ4v) is 1.82. The molecule has 0 unspecified atom stereocenters. The first kappa shape index (κ1) is 9.19. The van der Waals surface area contributed by atoms with Gasteiger partial charge in [0.1, 0.15) is 0 Å². The standard InChI is InChI=1S/C10H18N2O/c1-11-2-4-12(5-3-11)7-9-6-10(9)8-13/h13H,2-8H2,1H3. The Morgan fingerprint density at radius 1 is 1.15 bits per heavy atom. The third kappa shape index (κ3) is 2.30. The van der Waals surface area contributed by atoms with Gasteiger partial charge in [-0.1, -0.05) is 5.57 Å². The van der Waals surface area contributed by atoms with Crippen molar-refractivity contribution in [2.45, 2.75) is 6.42 Å². The summed E-state index contributed by atoms with van der Waals surface area (Å²) in [7, 11) is 2.17. The monoisotopic (exact) mass is 182 g/mol. The molecular formula is C10H18N2O. The predicted octanol–water partition coefficient (Wildman–Crippen LogP) is -0.0736. The topological polar surface area (TPSA) is 26.7 Å². The van der Waals surface area contributed by atoms with Crippen molar-refractivity contribution in [2.24, 2.45) is 0 Å². The van der Waals surface area contributed by atoms with Crippen LogP contribution in [0.2, 0.25) is 0 Å². The molecule has 0 saturated carbocycles. The number of piperazine rings is 1. The van der Waals surface area contributed by atoms with Gasteiger partial charge < -0.3 is 10.0 Å². The molecule has 0 spiro atoms. The van der Waals surface area contributed by atoms with E-state index >= 15 is 0 Å². The molecule has 0 aromatic rings. The van der Waals surface area contributed by atoms with Crippen molar-refractivity contribution in [1.82, 2.24) is 9.80 Å². The summed E-state index contributed by atoms with van der Waals surface area (Å²) < 4.78 is 0. The van der Waals surface area contributed by atoms with Crippen LogP contribution in [0, 0.1) is 0 Å². The van der Waals surface area contributed by atoms with Gasteiger partial charge in [-0.3, -0.25) is 4.90 Å². The molecule has 3 nitrogen and oxygen atoms in total. The van der Waals surface area contributed by atoms with Gasteiger partial charge in [-0.25, -0.2) is 0 Å². The Morgan fingerprint density at radius 2 is 1.85 bits per heavy atom. The summed E-state index contributed by atoms with van der Waals surface area (Å²) in [5.41, 5.74) is 2.76. The van der Waals surface area contributed by atoms with Crippen LogP contribution in [-0.2, 0) is 0 Å². The number of hydrogen-bond donors (Lipinski definition) is 1. The minimum absolute atomic E-state index is 0.281. The van der Waals surface area contributed by atoms with Gasteiger partial charge in [-0.05, 0) is 19.0 Å². The van der Waals surface area contributed by atoms with Crippen LogP contribution in [0.4, 0.5) is 0 Å². The molecule has 1 saturated heterocycles. The molecule has 0 aromatic heterocycles. The van der Waals surface area contributed by atoms with Crippen LogP contribution in [-0.4, -0.2) is 61.3 Å². The minimum atomic E-state index is 0.281. The van der Waals surface area contributed by atoms with E-state index in [0.29, 0.717) is 0 Å². The van der Waals surface area contributed by atoms with Gasteiger partial charge in [-0.15, -0.1) is 0 Å². The molecular weight excluding hydrogens is 164 g/mol. The van der Waals surface area contributed by atoms with Crippen molar-refractivity contribution >= 4 is 0 Å². The van der Waals surface area contributed by atoms with E-state index in [1.54, 1.807) is 0 Å². The zero-order chi connectivity index (χ0) is 9.26. The molecule has 3 heteroatoms. The van der Waals surface area contributed by atoms with Gasteiger partial charge in [0, 0.05) is 32.7 Å². The second-order valence-electron chi connectivity index (χ2n) is 4.12. The smallest absolute Gasteiger partial charge is 0.0648 e. The van der Waals surface area contributed by atoms with Crippen LogP contribution in [0.5, 0.6) is 0 Å². The van der Waals surface area contributed by atoms with E-state index in [0.717, 1.165) is 13.0 Å². The average Bonchev–Trinajstić information content (AvgIpc) is 2.88. The molecule has 1 heterocycles. The Hall–Kier alpha value is -0.380. The van der Waals surface area contributed by atoms with Crippen molar-refractivity contribution in [3.8, 4) is 0 Å². The number of aliphatic hydroxyl groups excluding tert-OH is 1. The Morgan fingerprint density at radius 3 is 2.38 bits per heavy atom. The van der Waals surface area contributed by atoms with E-state index in [1.165, 1.54) is 37.3 Å². The van der Waals surface area contributed by atoms with Crippen molar-refractivity contribution < 1.29 is 5.11 Å². The number of rotatable bonds is 3. The lowest BCUT2D eigenvalue weighted by atomic mass is 10.3. The Balaban J connectivity index is 1.74. The van der Waals surface area contributed by atoms with Crippen LogP contribution < -0.4 is 0 Å². The van der Waals surface area contributed by atoms with Gasteiger partial charge in [0.2, 0.25) is 0 Å². The van der Waals surface area contributed by atoms with Crippen LogP contribution in [0.25, 0.3) is 0 Å². The summed E-state index contributed by atoms with van der Waals surface area (Å²) >= 11 is 0. The quantitative estimate of drug-likeness (QED) is 0.619. The molecule has 1 N–H and O–H groups in total.